The highest BCUT2D eigenvalue weighted by molar-refractivity contribution is 6.16. The minimum atomic E-state index is 0.331. The van der Waals surface area contributed by atoms with Gasteiger partial charge in [0.1, 0.15) is 11.3 Å². The van der Waals surface area contributed by atoms with Gasteiger partial charge in [-0.1, -0.05) is 0 Å². The Bertz CT molecular complexity index is 612. The first kappa shape index (κ1) is 13.9. The summed E-state index contributed by atoms with van der Waals surface area (Å²) in [5.74, 6) is 1.88. The van der Waals surface area contributed by atoms with E-state index in [9.17, 15) is 0 Å². The largest absolute Gasteiger partial charge is 0.381 e. The summed E-state index contributed by atoms with van der Waals surface area (Å²) in [5, 5.41) is 4.57. The van der Waals surface area contributed by atoms with Gasteiger partial charge in [0.2, 0.25) is 0 Å². The SMILES string of the molecule is CCn1nc(C)c2nc(CCl)n(C(C)C3CCOC3)c21. The Labute approximate surface area is 123 Å². The molecule has 3 rings (SSSR count). The highest BCUT2D eigenvalue weighted by Crippen LogP contribution is 2.32. The number of ether oxygens (including phenoxy) is 1. The Hall–Kier alpha value is -1.07. The fourth-order valence-corrected chi connectivity index (χ4v) is 3.31. The average Bonchev–Trinajstić information content (AvgIpc) is 3.14. The number of nitrogens with zero attached hydrogens (tertiary/aromatic N) is 4. The molecule has 0 N–H and O–H groups in total. The summed E-state index contributed by atoms with van der Waals surface area (Å²) in [6.07, 6.45) is 1.10. The molecule has 110 valence electrons. The van der Waals surface area contributed by atoms with E-state index in [0.717, 1.165) is 48.9 Å². The Morgan fingerprint density at radius 1 is 1.50 bits per heavy atom. The summed E-state index contributed by atoms with van der Waals surface area (Å²) in [7, 11) is 0. The molecule has 2 unspecified atom stereocenters. The van der Waals surface area contributed by atoms with Gasteiger partial charge in [0, 0.05) is 25.1 Å². The summed E-state index contributed by atoms with van der Waals surface area (Å²) < 4.78 is 9.83. The lowest BCUT2D eigenvalue weighted by Crippen LogP contribution is -2.20. The van der Waals surface area contributed by atoms with E-state index < -0.39 is 0 Å². The first-order valence-corrected chi connectivity index (χ1v) is 7.78. The molecule has 0 aromatic carbocycles. The van der Waals surface area contributed by atoms with E-state index >= 15 is 0 Å². The fourth-order valence-electron chi connectivity index (χ4n) is 3.12. The van der Waals surface area contributed by atoms with Crippen LogP contribution in [0, 0.1) is 12.8 Å². The molecular formula is C14H21ClN4O. The van der Waals surface area contributed by atoms with Crippen molar-refractivity contribution in [3.05, 3.63) is 11.5 Å². The third-order valence-electron chi connectivity index (χ3n) is 4.29. The zero-order chi connectivity index (χ0) is 14.3. The van der Waals surface area contributed by atoms with Gasteiger partial charge in [0.25, 0.3) is 0 Å². The lowest BCUT2D eigenvalue weighted by atomic mass is 10.0. The molecule has 0 aliphatic carbocycles. The molecule has 2 aromatic heterocycles. The second-order valence-electron chi connectivity index (χ2n) is 5.47. The smallest absolute Gasteiger partial charge is 0.159 e. The maximum atomic E-state index is 6.11. The second kappa shape index (κ2) is 5.37. The van der Waals surface area contributed by atoms with Gasteiger partial charge in [-0.2, -0.15) is 5.10 Å². The normalized spacial score (nSPS) is 20.9. The van der Waals surface area contributed by atoms with E-state index in [0.29, 0.717) is 17.8 Å². The van der Waals surface area contributed by atoms with Gasteiger partial charge in [-0.05, 0) is 27.2 Å². The first-order valence-electron chi connectivity index (χ1n) is 7.25. The second-order valence-corrected chi connectivity index (χ2v) is 5.74. The van der Waals surface area contributed by atoms with Crippen LogP contribution in [-0.4, -0.2) is 32.5 Å². The molecule has 5 nitrogen and oxygen atoms in total. The van der Waals surface area contributed by atoms with E-state index in [1.54, 1.807) is 0 Å². The average molecular weight is 297 g/mol. The van der Waals surface area contributed by atoms with Crippen molar-refractivity contribution < 1.29 is 4.74 Å². The van der Waals surface area contributed by atoms with Crippen LogP contribution < -0.4 is 0 Å². The van der Waals surface area contributed by atoms with Gasteiger partial charge < -0.3 is 9.30 Å². The van der Waals surface area contributed by atoms with E-state index in [1.165, 1.54) is 0 Å². The minimum Gasteiger partial charge on any atom is -0.381 e. The molecular weight excluding hydrogens is 276 g/mol. The van der Waals surface area contributed by atoms with Crippen LogP contribution >= 0.6 is 11.6 Å². The summed E-state index contributed by atoms with van der Waals surface area (Å²) in [6, 6.07) is 0.331. The van der Waals surface area contributed by atoms with Crippen molar-refractivity contribution in [1.29, 1.82) is 0 Å². The molecule has 3 heterocycles. The Balaban J connectivity index is 2.15. The highest BCUT2D eigenvalue weighted by atomic mass is 35.5. The number of alkyl halides is 1. The molecule has 6 heteroatoms. The van der Waals surface area contributed by atoms with Crippen LogP contribution in [0.5, 0.6) is 0 Å². The van der Waals surface area contributed by atoms with Crippen LogP contribution in [0.4, 0.5) is 0 Å². The predicted molar refractivity (Wildman–Crippen MR) is 79.1 cm³/mol. The Morgan fingerprint density at radius 2 is 2.30 bits per heavy atom. The van der Waals surface area contributed by atoms with Crippen molar-refractivity contribution in [2.45, 2.75) is 45.7 Å². The molecule has 2 aromatic rings. The van der Waals surface area contributed by atoms with Crippen molar-refractivity contribution in [1.82, 2.24) is 19.3 Å². The number of halogens is 1. The number of aromatic nitrogens is 4. The van der Waals surface area contributed by atoms with Gasteiger partial charge >= 0.3 is 0 Å². The molecule has 0 amide bonds. The molecule has 0 spiro atoms. The molecule has 1 fully saturated rings. The number of aryl methyl sites for hydroxylation is 2. The predicted octanol–water partition coefficient (Wildman–Crippen LogP) is 2.90. The van der Waals surface area contributed by atoms with Gasteiger partial charge in [-0.3, -0.25) is 0 Å². The van der Waals surface area contributed by atoms with Crippen molar-refractivity contribution in [2.24, 2.45) is 5.92 Å². The summed E-state index contributed by atoms with van der Waals surface area (Å²) in [5.41, 5.74) is 3.05. The van der Waals surface area contributed by atoms with Gasteiger partial charge in [0.05, 0.1) is 18.2 Å². The Morgan fingerprint density at radius 3 is 2.90 bits per heavy atom. The molecule has 0 bridgehead atoms. The van der Waals surface area contributed by atoms with Gasteiger partial charge in [-0.15, -0.1) is 11.6 Å². The fraction of sp³-hybridized carbons (Fsp3) is 0.714. The number of imidazole rings is 1. The molecule has 2 atom stereocenters. The minimum absolute atomic E-state index is 0.331. The molecule has 0 radical (unpaired) electrons. The Kier molecular flexibility index (Phi) is 3.73. The number of hydrogen-bond donors (Lipinski definition) is 0. The third kappa shape index (κ3) is 2.04. The van der Waals surface area contributed by atoms with Crippen LogP contribution in [0.3, 0.4) is 0 Å². The lowest BCUT2D eigenvalue weighted by molar-refractivity contribution is 0.175. The topological polar surface area (TPSA) is 44.9 Å². The van der Waals surface area contributed by atoms with Crippen molar-refractivity contribution >= 4 is 22.8 Å². The van der Waals surface area contributed by atoms with Crippen LogP contribution in [0.2, 0.25) is 0 Å². The molecule has 0 saturated carbocycles. The monoisotopic (exact) mass is 296 g/mol. The van der Waals surface area contributed by atoms with Crippen molar-refractivity contribution in [2.75, 3.05) is 13.2 Å². The molecule has 20 heavy (non-hydrogen) atoms. The summed E-state index contributed by atoms with van der Waals surface area (Å²) in [6.45, 7) is 8.86. The maximum absolute atomic E-state index is 6.11. The summed E-state index contributed by atoms with van der Waals surface area (Å²) in [4.78, 5) is 4.70. The van der Waals surface area contributed by atoms with E-state index in [1.807, 2.05) is 11.6 Å². The van der Waals surface area contributed by atoms with Crippen LogP contribution in [0.15, 0.2) is 0 Å². The van der Waals surface area contributed by atoms with Gasteiger partial charge in [-0.25, -0.2) is 9.67 Å². The molecule has 1 aliphatic rings. The standard InChI is InChI=1S/C14H21ClN4O/c1-4-18-14-13(9(2)17-18)16-12(7-15)19(14)10(3)11-5-6-20-8-11/h10-11H,4-8H2,1-3H3. The maximum Gasteiger partial charge on any atom is 0.159 e. The first-order chi connectivity index (χ1) is 9.67. The highest BCUT2D eigenvalue weighted by Gasteiger charge is 2.28. The van der Waals surface area contributed by atoms with Gasteiger partial charge in [0.15, 0.2) is 5.65 Å². The van der Waals surface area contributed by atoms with E-state index in [4.69, 9.17) is 21.3 Å². The number of fused-ring (bicyclic) bond motifs is 1. The quantitative estimate of drug-likeness (QED) is 0.815. The number of hydrogen-bond acceptors (Lipinski definition) is 3. The van der Waals surface area contributed by atoms with E-state index in [-0.39, 0.29) is 0 Å². The zero-order valence-corrected chi connectivity index (χ0v) is 13.0. The lowest BCUT2D eigenvalue weighted by Gasteiger charge is -2.22. The van der Waals surface area contributed by atoms with Crippen LogP contribution in [0.1, 0.15) is 37.8 Å². The molecule has 1 saturated heterocycles. The zero-order valence-electron chi connectivity index (χ0n) is 12.3. The molecule has 1 aliphatic heterocycles. The van der Waals surface area contributed by atoms with Crippen LogP contribution in [-0.2, 0) is 17.2 Å². The van der Waals surface area contributed by atoms with E-state index in [2.05, 4.69) is 23.5 Å². The van der Waals surface area contributed by atoms with Crippen molar-refractivity contribution in [3.63, 3.8) is 0 Å². The van der Waals surface area contributed by atoms with Crippen LogP contribution in [0.25, 0.3) is 11.2 Å². The summed E-state index contributed by atoms with van der Waals surface area (Å²) >= 11 is 6.11. The van der Waals surface area contributed by atoms with Crippen molar-refractivity contribution in [3.8, 4) is 0 Å². The number of rotatable bonds is 4. The third-order valence-corrected chi connectivity index (χ3v) is 4.53.